The highest BCUT2D eigenvalue weighted by molar-refractivity contribution is 5.70. The van der Waals surface area contributed by atoms with Gasteiger partial charge in [0, 0.05) is 18.6 Å². The summed E-state index contributed by atoms with van der Waals surface area (Å²) in [5.74, 6) is -0.223. The summed E-state index contributed by atoms with van der Waals surface area (Å²) in [4.78, 5) is 2.60. The molecule has 0 aromatic heterocycles. The first-order valence-corrected chi connectivity index (χ1v) is 9.40. The average Bonchev–Trinajstić information content (AvgIpc) is 2.64. The van der Waals surface area contributed by atoms with Crippen LogP contribution in [0.3, 0.4) is 0 Å². The number of fused-ring (bicyclic) bond motifs is 2. The number of halogens is 1. The molecule has 0 saturated carbocycles. The van der Waals surface area contributed by atoms with Gasteiger partial charge in [0.25, 0.3) is 0 Å². The minimum absolute atomic E-state index is 0.223. The van der Waals surface area contributed by atoms with Gasteiger partial charge in [0.1, 0.15) is 5.82 Å². The summed E-state index contributed by atoms with van der Waals surface area (Å²) >= 11 is 0. The zero-order valence-corrected chi connectivity index (χ0v) is 14.9. The monoisotopic (exact) mass is 346 g/mol. The lowest BCUT2D eigenvalue weighted by atomic mass is 9.81. The molecule has 3 heteroatoms. The van der Waals surface area contributed by atoms with Crippen LogP contribution in [0.25, 0.3) is 5.57 Å². The SMILES string of the molecule is N#CCc1ccc(F)cc1C1=CC2CCCC(C1)N2Cc1ccccc1. The highest BCUT2D eigenvalue weighted by Gasteiger charge is 2.34. The van der Waals surface area contributed by atoms with Crippen LogP contribution in [0, 0.1) is 17.1 Å². The number of nitriles is 1. The van der Waals surface area contributed by atoms with Gasteiger partial charge in [-0.3, -0.25) is 4.90 Å². The highest BCUT2D eigenvalue weighted by atomic mass is 19.1. The Labute approximate surface area is 154 Å². The molecular weight excluding hydrogens is 323 g/mol. The van der Waals surface area contributed by atoms with E-state index in [1.54, 1.807) is 12.1 Å². The van der Waals surface area contributed by atoms with Gasteiger partial charge in [0.2, 0.25) is 0 Å². The van der Waals surface area contributed by atoms with Crippen molar-refractivity contribution in [2.45, 2.75) is 50.7 Å². The van der Waals surface area contributed by atoms with Crippen LogP contribution >= 0.6 is 0 Å². The first kappa shape index (κ1) is 17.0. The fraction of sp³-hybridized carbons (Fsp3) is 0.348. The maximum Gasteiger partial charge on any atom is 0.123 e. The molecule has 2 atom stereocenters. The molecule has 2 heterocycles. The molecule has 2 aromatic rings. The fourth-order valence-corrected chi connectivity index (χ4v) is 4.44. The maximum absolute atomic E-state index is 13.9. The molecule has 0 spiro atoms. The Hall–Kier alpha value is -2.44. The van der Waals surface area contributed by atoms with E-state index in [0.29, 0.717) is 18.5 Å². The molecule has 26 heavy (non-hydrogen) atoms. The lowest BCUT2D eigenvalue weighted by Crippen LogP contribution is -2.47. The molecule has 2 nitrogen and oxygen atoms in total. The van der Waals surface area contributed by atoms with Crippen LogP contribution in [0.5, 0.6) is 0 Å². The summed E-state index contributed by atoms with van der Waals surface area (Å²) in [7, 11) is 0. The van der Waals surface area contributed by atoms with E-state index in [0.717, 1.165) is 30.5 Å². The van der Waals surface area contributed by atoms with Crippen LogP contribution < -0.4 is 0 Å². The van der Waals surface area contributed by atoms with E-state index in [1.807, 2.05) is 0 Å². The van der Waals surface area contributed by atoms with Crippen molar-refractivity contribution in [1.82, 2.24) is 4.90 Å². The molecule has 1 saturated heterocycles. The molecule has 0 aliphatic carbocycles. The predicted molar refractivity (Wildman–Crippen MR) is 102 cm³/mol. The first-order valence-electron chi connectivity index (χ1n) is 9.40. The molecule has 2 unspecified atom stereocenters. The second kappa shape index (κ2) is 7.43. The van der Waals surface area contributed by atoms with E-state index in [4.69, 9.17) is 5.26 Å². The van der Waals surface area contributed by atoms with Gasteiger partial charge in [-0.2, -0.15) is 5.26 Å². The maximum atomic E-state index is 13.9. The third-order valence-corrected chi connectivity index (χ3v) is 5.68. The third kappa shape index (κ3) is 3.43. The summed E-state index contributed by atoms with van der Waals surface area (Å²) < 4.78 is 13.9. The molecule has 2 aliphatic heterocycles. The van der Waals surface area contributed by atoms with Gasteiger partial charge >= 0.3 is 0 Å². The zero-order chi connectivity index (χ0) is 17.9. The van der Waals surface area contributed by atoms with E-state index in [1.165, 1.54) is 30.0 Å². The van der Waals surface area contributed by atoms with E-state index in [2.05, 4.69) is 47.4 Å². The van der Waals surface area contributed by atoms with Gasteiger partial charge in [-0.05, 0) is 53.7 Å². The van der Waals surface area contributed by atoms with E-state index in [-0.39, 0.29) is 5.82 Å². The average molecular weight is 346 g/mol. The van der Waals surface area contributed by atoms with Gasteiger partial charge in [-0.25, -0.2) is 4.39 Å². The molecule has 2 aromatic carbocycles. The van der Waals surface area contributed by atoms with E-state index in [9.17, 15) is 4.39 Å². The number of hydrogen-bond donors (Lipinski definition) is 0. The van der Waals surface area contributed by atoms with Crippen molar-refractivity contribution in [3.8, 4) is 6.07 Å². The van der Waals surface area contributed by atoms with E-state index >= 15 is 0 Å². The summed E-state index contributed by atoms with van der Waals surface area (Å²) in [5.41, 5.74) is 4.43. The first-order chi connectivity index (χ1) is 12.7. The summed E-state index contributed by atoms with van der Waals surface area (Å²) in [6.07, 6.45) is 7.17. The smallest absolute Gasteiger partial charge is 0.123 e. The predicted octanol–water partition coefficient (Wildman–Crippen LogP) is 5.10. The molecule has 132 valence electrons. The largest absolute Gasteiger partial charge is 0.289 e. The Kier molecular flexibility index (Phi) is 4.86. The van der Waals surface area contributed by atoms with Gasteiger partial charge in [-0.15, -0.1) is 0 Å². The fourth-order valence-electron chi connectivity index (χ4n) is 4.44. The quantitative estimate of drug-likeness (QED) is 0.770. The number of benzene rings is 2. The molecular formula is C23H23FN2. The molecule has 0 radical (unpaired) electrons. The van der Waals surface area contributed by atoms with Crippen LogP contribution in [0.2, 0.25) is 0 Å². The van der Waals surface area contributed by atoms with Gasteiger partial charge < -0.3 is 0 Å². The van der Waals surface area contributed by atoms with Crippen molar-refractivity contribution in [3.05, 3.63) is 77.1 Å². The van der Waals surface area contributed by atoms with Gasteiger partial charge in [0.15, 0.2) is 0 Å². The van der Waals surface area contributed by atoms with Crippen molar-refractivity contribution in [2.24, 2.45) is 0 Å². The van der Waals surface area contributed by atoms with Crippen LogP contribution in [0.1, 0.15) is 42.4 Å². The molecule has 0 N–H and O–H groups in total. The Bertz CT molecular complexity index is 850. The lowest BCUT2D eigenvalue weighted by molar-refractivity contribution is 0.0951. The molecule has 4 rings (SSSR count). The standard InChI is InChI=1S/C23H23FN2/c24-20-10-9-18(11-12-25)23(15-20)19-13-21-7-4-8-22(14-19)26(21)16-17-5-2-1-3-6-17/h1-3,5-6,9-10,13,15,21-22H,4,7-8,11,14,16H2. The molecule has 2 bridgehead atoms. The topological polar surface area (TPSA) is 27.0 Å². The summed E-state index contributed by atoms with van der Waals surface area (Å²) in [6.45, 7) is 0.966. The minimum Gasteiger partial charge on any atom is -0.289 e. The number of rotatable bonds is 4. The molecule has 1 fully saturated rings. The van der Waals surface area contributed by atoms with Crippen molar-refractivity contribution >= 4 is 5.57 Å². The zero-order valence-electron chi connectivity index (χ0n) is 14.9. The Morgan fingerprint density at radius 2 is 1.96 bits per heavy atom. The second-order valence-electron chi connectivity index (χ2n) is 7.34. The van der Waals surface area contributed by atoms with Crippen molar-refractivity contribution in [2.75, 3.05) is 0 Å². The number of piperidine rings is 1. The number of nitrogens with zero attached hydrogens (tertiary/aromatic N) is 2. The Morgan fingerprint density at radius 3 is 2.73 bits per heavy atom. The highest BCUT2D eigenvalue weighted by Crippen LogP contribution is 2.39. The van der Waals surface area contributed by atoms with Crippen molar-refractivity contribution in [1.29, 1.82) is 5.26 Å². The van der Waals surface area contributed by atoms with Crippen LogP contribution in [0.4, 0.5) is 4.39 Å². The molecule has 0 amide bonds. The van der Waals surface area contributed by atoms with Crippen LogP contribution in [-0.2, 0) is 13.0 Å². The van der Waals surface area contributed by atoms with Gasteiger partial charge in [0.05, 0.1) is 12.5 Å². The van der Waals surface area contributed by atoms with Crippen molar-refractivity contribution in [3.63, 3.8) is 0 Å². The third-order valence-electron chi connectivity index (χ3n) is 5.68. The number of hydrogen-bond acceptors (Lipinski definition) is 2. The van der Waals surface area contributed by atoms with Crippen molar-refractivity contribution < 1.29 is 4.39 Å². The van der Waals surface area contributed by atoms with Crippen LogP contribution in [-0.4, -0.2) is 17.0 Å². The summed E-state index contributed by atoms with van der Waals surface area (Å²) in [5, 5.41) is 9.11. The lowest BCUT2D eigenvalue weighted by Gasteiger charge is -2.45. The normalized spacial score (nSPS) is 22.5. The van der Waals surface area contributed by atoms with Gasteiger partial charge in [-0.1, -0.05) is 48.9 Å². The Morgan fingerprint density at radius 1 is 1.12 bits per heavy atom. The molecule has 2 aliphatic rings. The summed E-state index contributed by atoms with van der Waals surface area (Å²) in [6, 6.07) is 18.6. The Balaban J connectivity index is 1.65. The van der Waals surface area contributed by atoms with Crippen LogP contribution in [0.15, 0.2) is 54.6 Å². The van der Waals surface area contributed by atoms with E-state index < -0.39 is 0 Å². The minimum atomic E-state index is -0.223. The second-order valence-corrected chi connectivity index (χ2v) is 7.34.